The molecule has 0 amide bonds. The molecule has 40 heavy (non-hydrogen) atoms. The minimum atomic E-state index is -0.388. The van der Waals surface area contributed by atoms with Crippen LogP contribution in [0, 0.1) is 0 Å². The molecule has 0 fully saturated rings. The fraction of sp³-hybridized carbons (Fsp3) is 0.118. The predicted octanol–water partition coefficient (Wildman–Crippen LogP) is 7.65. The maximum atomic E-state index is 12.6. The third kappa shape index (κ3) is 6.30. The highest BCUT2D eigenvalue weighted by atomic mass is 16.5. The smallest absolute Gasteiger partial charge is 0.338 e. The van der Waals surface area contributed by atoms with Gasteiger partial charge < -0.3 is 9.47 Å². The predicted molar refractivity (Wildman–Crippen MR) is 153 cm³/mol. The van der Waals surface area contributed by atoms with Gasteiger partial charge >= 0.3 is 11.9 Å². The quantitative estimate of drug-likeness (QED) is 0.193. The monoisotopic (exact) mass is 528 g/mol. The van der Waals surface area contributed by atoms with E-state index in [1.165, 1.54) is 0 Å². The van der Waals surface area contributed by atoms with E-state index in [0.29, 0.717) is 17.0 Å². The van der Waals surface area contributed by atoms with E-state index < -0.39 is 0 Å². The van der Waals surface area contributed by atoms with Crippen LogP contribution in [0.3, 0.4) is 0 Å². The van der Waals surface area contributed by atoms with Crippen molar-refractivity contribution in [1.82, 2.24) is 9.97 Å². The lowest BCUT2D eigenvalue weighted by molar-refractivity contribution is 0.0328. The van der Waals surface area contributed by atoms with Crippen molar-refractivity contribution in [2.24, 2.45) is 0 Å². The third-order valence-corrected chi connectivity index (χ3v) is 6.59. The van der Waals surface area contributed by atoms with Crippen LogP contribution in [0.1, 0.15) is 57.9 Å². The highest BCUT2D eigenvalue weighted by Gasteiger charge is 2.15. The van der Waals surface area contributed by atoms with E-state index in [0.717, 1.165) is 27.8 Å². The van der Waals surface area contributed by atoms with Crippen LogP contribution in [0.2, 0.25) is 0 Å². The molecule has 6 nitrogen and oxygen atoms in total. The van der Waals surface area contributed by atoms with Crippen molar-refractivity contribution < 1.29 is 19.1 Å². The van der Waals surface area contributed by atoms with Gasteiger partial charge in [0.15, 0.2) is 5.82 Å². The number of carbonyl (C=O) groups excluding carboxylic acids is 2. The van der Waals surface area contributed by atoms with Crippen LogP contribution in [0.5, 0.6) is 0 Å². The van der Waals surface area contributed by atoms with Crippen molar-refractivity contribution in [3.8, 4) is 22.5 Å². The molecule has 0 saturated heterocycles. The van der Waals surface area contributed by atoms with Crippen LogP contribution in [0.25, 0.3) is 22.5 Å². The second-order valence-electron chi connectivity index (χ2n) is 9.37. The van der Waals surface area contributed by atoms with Gasteiger partial charge in [-0.2, -0.15) is 0 Å². The molecule has 6 heteroatoms. The summed E-state index contributed by atoms with van der Waals surface area (Å²) < 4.78 is 11.2. The molecule has 0 spiro atoms. The van der Waals surface area contributed by atoms with Gasteiger partial charge in [-0.25, -0.2) is 19.6 Å². The Bertz CT molecular complexity index is 1450. The van der Waals surface area contributed by atoms with Gasteiger partial charge in [0.05, 0.1) is 11.1 Å². The summed E-state index contributed by atoms with van der Waals surface area (Å²) in [5.74, 6) is -0.228. The number of carbonyl (C=O) groups is 2. The van der Waals surface area contributed by atoms with Gasteiger partial charge in [0.1, 0.15) is 12.2 Å². The molecule has 2 atom stereocenters. The first-order valence-electron chi connectivity index (χ1n) is 13.0. The van der Waals surface area contributed by atoms with Crippen molar-refractivity contribution in [1.29, 1.82) is 0 Å². The summed E-state index contributed by atoms with van der Waals surface area (Å²) in [6.07, 6.45) is 2.78. The first-order valence-corrected chi connectivity index (χ1v) is 13.0. The number of esters is 2. The zero-order valence-electron chi connectivity index (χ0n) is 22.2. The first-order chi connectivity index (χ1) is 19.5. The molecule has 0 saturated carbocycles. The SMILES string of the molecule is C[C@H](OC(=O)c1ccc(-c2cnc(-c3ccc(C(=O)O[C@@H](C)c4ccccc4)cc3)nc2)cc1)c1ccccc1. The molecule has 0 unspecified atom stereocenters. The molecule has 5 aromatic rings. The lowest BCUT2D eigenvalue weighted by Crippen LogP contribution is -2.09. The van der Waals surface area contributed by atoms with Gasteiger partial charge in [-0.05, 0) is 54.8 Å². The molecular formula is C34H28N2O4. The van der Waals surface area contributed by atoms with E-state index in [-0.39, 0.29) is 24.1 Å². The zero-order valence-corrected chi connectivity index (χ0v) is 22.2. The molecule has 1 aromatic heterocycles. The van der Waals surface area contributed by atoms with Crippen molar-refractivity contribution in [2.45, 2.75) is 26.1 Å². The molecule has 0 aliphatic heterocycles. The third-order valence-electron chi connectivity index (χ3n) is 6.59. The first kappa shape index (κ1) is 26.5. The number of hydrogen-bond donors (Lipinski definition) is 0. The molecule has 198 valence electrons. The molecule has 0 bridgehead atoms. The second-order valence-corrected chi connectivity index (χ2v) is 9.37. The second kappa shape index (κ2) is 12.2. The summed E-state index contributed by atoms with van der Waals surface area (Å²) in [7, 11) is 0. The van der Waals surface area contributed by atoms with E-state index in [2.05, 4.69) is 9.97 Å². The molecule has 0 radical (unpaired) electrons. The summed E-state index contributed by atoms with van der Waals surface area (Å²) >= 11 is 0. The normalized spacial score (nSPS) is 12.2. The van der Waals surface area contributed by atoms with Crippen LogP contribution in [0.15, 0.2) is 122 Å². The van der Waals surface area contributed by atoms with Crippen LogP contribution in [-0.4, -0.2) is 21.9 Å². The van der Waals surface area contributed by atoms with Crippen LogP contribution in [0.4, 0.5) is 0 Å². The van der Waals surface area contributed by atoms with Crippen molar-refractivity contribution in [2.75, 3.05) is 0 Å². The standard InChI is InChI=1S/C34H28N2O4/c1-23(25-9-5-3-6-10-25)39-33(37)29-17-13-27(14-18-29)31-21-35-32(36-22-31)28-15-19-30(20-16-28)34(38)40-24(2)26-11-7-4-8-12-26/h3-24H,1-2H3/t23-,24-/m0/s1. The highest BCUT2D eigenvalue weighted by molar-refractivity contribution is 5.90. The minimum absolute atomic E-state index is 0.341. The van der Waals surface area contributed by atoms with Crippen molar-refractivity contribution in [3.05, 3.63) is 144 Å². The number of aromatic nitrogens is 2. The van der Waals surface area contributed by atoms with Gasteiger partial charge in [0.25, 0.3) is 0 Å². The van der Waals surface area contributed by atoms with Gasteiger partial charge in [-0.15, -0.1) is 0 Å². The summed E-state index contributed by atoms with van der Waals surface area (Å²) in [6, 6.07) is 33.4. The van der Waals surface area contributed by atoms with E-state index in [1.54, 1.807) is 48.8 Å². The fourth-order valence-corrected chi connectivity index (χ4v) is 4.22. The van der Waals surface area contributed by atoms with Crippen LogP contribution in [-0.2, 0) is 9.47 Å². The van der Waals surface area contributed by atoms with E-state index in [1.807, 2.05) is 86.6 Å². The number of nitrogens with zero attached hydrogens (tertiary/aromatic N) is 2. The number of hydrogen-bond acceptors (Lipinski definition) is 6. The van der Waals surface area contributed by atoms with E-state index in [4.69, 9.17) is 9.47 Å². The number of benzene rings is 4. The largest absolute Gasteiger partial charge is 0.454 e. The van der Waals surface area contributed by atoms with E-state index in [9.17, 15) is 9.59 Å². The Balaban J connectivity index is 1.20. The summed E-state index contributed by atoms with van der Waals surface area (Å²) in [6.45, 7) is 3.70. The summed E-state index contributed by atoms with van der Waals surface area (Å²) in [5.41, 5.74) is 5.29. The Labute approximate surface area is 233 Å². The maximum Gasteiger partial charge on any atom is 0.338 e. The van der Waals surface area contributed by atoms with Gasteiger partial charge in [-0.1, -0.05) is 84.9 Å². The Morgan fingerprint density at radius 2 is 0.925 bits per heavy atom. The minimum Gasteiger partial charge on any atom is -0.454 e. The lowest BCUT2D eigenvalue weighted by Gasteiger charge is -2.14. The Morgan fingerprint density at radius 1 is 0.525 bits per heavy atom. The molecule has 0 aliphatic rings. The van der Waals surface area contributed by atoms with Gasteiger partial charge in [0.2, 0.25) is 0 Å². The Hall–Kier alpha value is -5.10. The van der Waals surface area contributed by atoms with Gasteiger partial charge in [-0.3, -0.25) is 0 Å². The number of rotatable bonds is 8. The fourth-order valence-electron chi connectivity index (χ4n) is 4.22. The molecule has 4 aromatic carbocycles. The van der Waals surface area contributed by atoms with Crippen molar-refractivity contribution >= 4 is 11.9 Å². The highest BCUT2D eigenvalue weighted by Crippen LogP contribution is 2.24. The number of ether oxygens (including phenoxy) is 2. The Kier molecular flexibility index (Phi) is 8.07. The molecular weight excluding hydrogens is 500 g/mol. The average molecular weight is 529 g/mol. The van der Waals surface area contributed by atoms with Crippen molar-refractivity contribution in [3.63, 3.8) is 0 Å². The van der Waals surface area contributed by atoms with Gasteiger partial charge in [0, 0.05) is 23.5 Å². The maximum absolute atomic E-state index is 12.6. The molecule has 1 heterocycles. The van der Waals surface area contributed by atoms with Crippen LogP contribution >= 0.6 is 0 Å². The molecule has 0 aliphatic carbocycles. The average Bonchev–Trinajstić information content (AvgIpc) is 3.02. The van der Waals surface area contributed by atoms with E-state index >= 15 is 0 Å². The zero-order chi connectivity index (χ0) is 27.9. The summed E-state index contributed by atoms with van der Waals surface area (Å²) in [5, 5.41) is 0. The Morgan fingerprint density at radius 3 is 1.35 bits per heavy atom. The van der Waals surface area contributed by atoms with Crippen LogP contribution < -0.4 is 0 Å². The lowest BCUT2D eigenvalue weighted by atomic mass is 10.1. The molecule has 5 rings (SSSR count). The summed E-state index contributed by atoms with van der Waals surface area (Å²) in [4.78, 5) is 34.2. The molecule has 0 N–H and O–H groups in total. The topological polar surface area (TPSA) is 78.4 Å².